The van der Waals surface area contributed by atoms with Crippen molar-refractivity contribution in [2.45, 2.75) is 20.8 Å². The number of hydrogen-bond acceptors (Lipinski definition) is 1. The first-order chi connectivity index (χ1) is 2.73. The predicted octanol–water partition coefficient (Wildman–Crippen LogP) is 1.16. The Kier molecular flexibility index (Phi) is 14.9. The standard InChI is InChI=1S/C4H10.O.Sn/c1-4(2)3;;/h4H,1-3H3;;. The molecule has 0 saturated heterocycles. The maximum absolute atomic E-state index is 8.34. The quantitative estimate of drug-likeness (QED) is 0.527. The van der Waals surface area contributed by atoms with Crippen LogP contribution < -0.4 is 0 Å². The van der Waals surface area contributed by atoms with Gasteiger partial charge in [0.2, 0.25) is 0 Å². The molecule has 6 heavy (non-hydrogen) atoms. The summed E-state index contributed by atoms with van der Waals surface area (Å²) in [7, 11) is 0. The van der Waals surface area contributed by atoms with Crippen LogP contribution in [0, 0.1) is 5.92 Å². The van der Waals surface area contributed by atoms with Gasteiger partial charge in [-0.2, -0.15) is 0 Å². The molecule has 2 radical (unpaired) electrons. The van der Waals surface area contributed by atoms with E-state index in [0.29, 0.717) is 22.5 Å². The third-order valence-electron chi connectivity index (χ3n) is 0. The second kappa shape index (κ2) is 9.14. The zero-order valence-electron chi connectivity index (χ0n) is 4.49. The number of hydrogen-bond donors (Lipinski definition) is 0. The Balaban J connectivity index is 0. The van der Waals surface area contributed by atoms with E-state index >= 15 is 0 Å². The van der Waals surface area contributed by atoms with Crippen molar-refractivity contribution in [1.29, 1.82) is 0 Å². The summed E-state index contributed by atoms with van der Waals surface area (Å²) < 4.78 is 8.34. The SMILES string of the molecule is CC(C)C.[O]=[Sn]. The molecule has 0 unspecified atom stereocenters. The Hall–Kier alpha value is 0.599. The van der Waals surface area contributed by atoms with Gasteiger partial charge in [-0.05, 0) is 5.92 Å². The van der Waals surface area contributed by atoms with Crippen molar-refractivity contribution < 1.29 is 3.08 Å². The van der Waals surface area contributed by atoms with Crippen molar-refractivity contribution >= 4 is 22.5 Å². The molecule has 0 aliphatic carbocycles. The molecule has 1 nitrogen and oxygen atoms in total. The minimum absolute atomic E-state index is 0.300. The van der Waals surface area contributed by atoms with Crippen LogP contribution in [0.1, 0.15) is 20.8 Å². The van der Waals surface area contributed by atoms with Gasteiger partial charge in [0.05, 0.1) is 0 Å². The topological polar surface area (TPSA) is 17.1 Å². The molecule has 0 aromatic rings. The summed E-state index contributed by atoms with van der Waals surface area (Å²) in [5.41, 5.74) is 0. The fraction of sp³-hybridized carbons (Fsp3) is 1.00. The van der Waals surface area contributed by atoms with E-state index in [9.17, 15) is 0 Å². The Morgan fingerprint density at radius 2 is 1.17 bits per heavy atom. The van der Waals surface area contributed by atoms with Gasteiger partial charge in [0.25, 0.3) is 0 Å². The van der Waals surface area contributed by atoms with Crippen LogP contribution in [0.4, 0.5) is 0 Å². The van der Waals surface area contributed by atoms with Gasteiger partial charge in [-0.1, -0.05) is 20.8 Å². The molecule has 0 N–H and O–H groups in total. The maximum atomic E-state index is 8.34. The summed E-state index contributed by atoms with van der Waals surface area (Å²) in [5, 5.41) is 0. The van der Waals surface area contributed by atoms with Gasteiger partial charge in [0.15, 0.2) is 0 Å². The molecule has 36 valence electrons. The Morgan fingerprint density at radius 3 is 1.17 bits per heavy atom. The van der Waals surface area contributed by atoms with E-state index in [-0.39, 0.29) is 0 Å². The fourth-order valence-corrected chi connectivity index (χ4v) is 0. The molecule has 0 rings (SSSR count). The second-order valence-electron chi connectivity index (χ2n) is 1.73. The van der Waals surface area contributed by atoms with E-state index in [1.165, 1.54) is 0 Å². The first-order valence-corrected chi connectivity index (χ1v) is 3.10. The molecule has 2 heteroatoms. The predicted molar refractivity (Wildman–Crippen MR) is 27.0 cm³/mol. The van der Waals surface area contributed by atoms with Gasteiger partial charge < -0.3 is 0 Å². The second-order valence-corrected chi connectivity index (χ2v) is 1.73. The average molecular weight is 193 g/mol. The molecule has 0 saturated carbocycles. The third-order valence-corrected chi connectivity index (χ3v) is 0. The monoisotopic (exact) mass is 194 g/mol. The summed E-state index contributed by atoms with van der Waals surface area (Å²) in [6.45, 7) is 6.50. The average Bonchev–Trinajstić information content (AvgIpc) is 1.41. The minimum atomic E-state index is 0.300. The normalized spacial score (nSPS) is 6.67. The van der Waals surface area contributed by atoms with Gasteiger partial charge in [-0.25, -0.2) is 0 Å². The molecule has 0 heterocycles. The van der Waals surface area contributed by atoms with E-state index in [1.807, 2.05) is 0 Å². The van der Waals surface area contributed by atoms with Crippen LogP contribution in [-0.2, 0) is 3.08 Å². The van der Waals surface area contributed by atoms with Crippen molar-refractivity contribution in [3.63, 3.8) is 0 Å². The summed E-state index contributed by atoms with van der Waals surface area (Å²) in [5.74, 6) is 0.833. The molecule has 0 aromatic heterocycles. The van der Waals surface area contributed by atoms with Gasteiger partial charge >= 0.3 is 25.6 Å². The molecular formula is C4H10OSn. The van der Waals surface area contributed by atoms with E-state index < -0.39 is 0 Å². The molecular weight excluding hydrogens is 183 g/mol. The first kappa shape index (κ1) is 9.78. The fourth-order valence-electron chi connectivity index (χ4n) is 0. The third kappa shape index (κ3) is 166. The molecule has 0 aliphatic rings. The van der Waals surface area contributed by atoms with Gasteiger partial charge in [0, 0.05) is 0 Å². The first-order valence-electron chi connectivity index (χ1n) is 1.94. The van der Waals surface area contributed by atoms with Gasteiger partial charge in [0.1, 0.15) is 0 Å². The molecule has 0 aliphatic heterocycles. The van der Waals surface area contributed by atoms with Crippen molar-refractivity contribution in [2.75, 3.05) is 0 Å². The summed E-state index contributed by atoms with van der Waals surface area (Å²) in [6.07, 6.45) is 0. The van der Waals surface area contributed by atoms with Crippen molar-refractivity contribution in [3.05, 3.63) is 0 Å². The van der Waals surface area contributed by atoms with Crippen LogP contribution in [-0.4, -0.2) is 22.5 Å². The van der Waals surface area contributed by atoms with Crippen molar-refractivity contribution in [1.82, 2.24) is 0 Å². The summed E-state index contributed by atoms with van der Waals surface area (Å²) in [6, 6.07) is 0. The number of rotatable bonds is 0. The zero-order valence-corrected chi connectivity index (χ0v) is 7.34. The van der Waals surface area contributed by atoms with E-state index in [2.05, 4.69) is 20.8 Å². The van der Waals surface area contributed by atoms with Crippen LogP contribution in [0.2, 0.25) is 0 Å². The van der Waals surface area contributed by atoms with E-state index in [0.717, 1.165) is 5.92 Å². The Labute approximate surface area is 52.6 Å². The summed E-state index contributed by atoms with van der Waals surface area (Å²) in [4.78, 5) is 0. The van der Waals surface area contributed by atoms with Crippen LogP contribution in [0.5, 0.6) is 0 Å². The van der Waals surface area contributed by atoms with Crippen LogP contribution in [0.25, 0.3) is 0 Å². The molecule has 0 amide bonds. The molecule has 0 bridgehead atoms. The summed E-state index contributed by atoms with van der Waals surface area (Å²) >= 11 is 0.300. The Morgan fingerprint density at radius 1 is 1.17 bits per heavy atom. The van der Waals surface area contributed by atoms with Crippen LogP contribution in [0.15, 0.2) is 0 Å². The Bertz CT molecular complexity index is 18.8. The van der Waals surface area contributed by atoms with Gasteiger partial charge in [-0.3, -0.25) is 0 Å². The van der Waals surface area contributed by atoms with Crippen LogP contribution >= 0.6 is 0 Å². The van der Waals surface area contributed by atoms with Crippen molar-refractivity contribution in [3.8, 4) is 0 Å². The van der Waals surface area contributed by atoms with Crippen LogP contribution in [0.3, 0.4) is 0 Å². The van der Waals surface area contributed by atoms with Crippen molar-refractivity contribution in [2.24, 2.45) is 5.92 Å². The van der Waals surface area contributed by atoms with Gasteiger partial charge in [-0.15, -0.1) is 0 Å². The molecule has 0 spiro atoms. The van der Waals surface area contributed by atoms with E-state index in [4.69, 9.17) is 3.08 Å². The molecule has 0 aromatic carbocycles. The van der Waals surface area contributed by atoms with E-state index in [1.54, 1.807) is 0 Å². The molecule has 0 atom stereocenters. The molecule has 0 fully saturated rings. The zero-order chi connectivity index (χ0) is 5.58.